The van der Waals surface area contributed by atoms with E-state index in [1.54, 1.807) is 13.8 Å². The molecular weight excluding hydrogens is 269 g/mol. The lowest BCUT2D eigenvalue weighted by atomic mass is 9.89. The third-order valence-corrected chi connectivity index (χ3v) is 3.26. The number of hydrogen-bond acceptors (Lipinski definition) is 2. The predicted octanol–water partition coefficient (Wildman–Crippen LogP) is 2.19. The van der Waals surface area contributed by atoms with E-state index in [-0.39, 0.29) is 37.8 Å². The lowest BCUT2D eigenvalue weighted by Crippen LogP contribution is -2.50. The summed E-state index contributed by atoms with van der Waals surface area (Å²) in [4.78, 5) is 13.3. The molecule has 0 bridgehead atoms. The van der Waals surface area contributed by atoms with E-state index in [9.17, 15) is 18.0 Å². The fraction of sp³-hybridized carbons (Fsp3) is 0.909. The van der Waals surface area contributed by atoms with Gasteiger partial charge in [0.05, 0.1) is 11.3 Å². The zero-order chi connectivity index (χ0) is 13.3. The summed E-state index contributed by atoms with van der Waals surface area (Å²) in [6.07, 6.45) is -3.71. The molecule has 1 saturated heterocycles. The van der Waals surface area contributed by atoms with Crippen LogP contribution in [0.1, 0.15) is 26.7 Å². The van der Waals surface area contributed by atoms with Gasteiger partial charge in [0.1, 0.15) is 0 Å². The maximum absolute atomic E-state index is 12.6. The molecule has 108 valence electrons. The molecule has 1 unspecified atom stereocenters. The van der Waals surface area contributed by atoms with Crippen LogP contribution in [0, 0.1) is 11.3 Å². The van der Waals surface area contributed by atoms with Gasteiger partial charge in [-0.25, -0.2) is 0 Å². The molecule has 2 N–H and O–H groups in total. The van der Waals surface area contributed by atoms with Gasteiger partial charge in [0.2, 0.25) is 5.91 Å². The molecule has 1 atom stereocenters. The average Bonchev–Trinajstić information content (AvgIpc) is 2.27. The number of alkyl halides is 3. The number of carbonyl (C=O) groups excluding carboxylic acids is 1. The lowest BCUT2D eigenvalue weighted by Gasteiger charge is -2.37. The Morgan fingerprint density at radius 1 is 1.39 bits per heavy atom. The van der Waals surface area contributed by atoms with Crippen LogP contribution in [-0.4, -0.2) is 36.6 Å². The molecule has 3 nitrogen and oxygen atoms in total. The van der Waals surface area contributed by atoms with Crippen LogP contribution < -0.4 is 5.73 Å². The molecule has 7 heteroatoms. The summed E-state index contributed by atoms with van der Waals surface area (Å²) in [5, 5.41) is 0. The van der Waals surface area contributed by atoms with Crippen LogP contribution in [0.2, 0.25) is 0 Å². The smallest absolute Gasteiger partial charge is 0.342 e. The van der Waals surface area contributed by atoms with Crippen molar-refractivity contribution in [3.63, 3.8) is 0 Å². The Kier molecular flexibility index (Phi) is 5.94. The number of carbonyl (C=O) groups is 1. The first kappa shape index (κ1) is 17.5. The first-order valence-electron chi connectivity index (χ1n) is 5.74. The third-order valence-electron chi connectivity index (χ3n) is 3.26. The highest BCUT2D eigenvalue weighted by Crippen LogP contribution is 2.34. The fourth-order valence-corrected chi connectivity index (χ4v) is 1.94. The Balaban J connectivity index is 0.00000289. The van der Waals surface area contributed by atoms with E-state index >= 15 is 0 Å². The molecule has 18 heavy (non-hydrogen) atoms. The van der Waals surface area contributed by atoms with Gasteiger partial charge in [0, 0.05) is 19.6 Å². The van der Waals surface area contributed by atoms with Crippen molar-refractivity contribution in [1.82, 2.24) is 4.90 Å². The second kappa shape index (κ2) is 6.10. The van der Waals surface area contributed by atoms with E-state index in [0.29, 0.717) is 13.0 Å². The predicted molar refractivity (Wildman–Crippen MR) is 65.4 cm³/mol. The normalized spacial score (nSPS) is 21.4. The van der Waals surface area contributed by atoms with Gasteiger partial charge < -0.3 is 10.6 Å². The van der Waals surface area contributed by atoms with Crippen molar-refractivity contribution in [2.45, 2.75) is 32.9 Å². The number of piperidine rings is 1. The lowest BCUT2D eigenvalue weighted by molar-refractivity contribution is -0.189. The summed E-state index contributed by atoms with van der Waals surface area (Å²) >= 11 is 0. The number of nitrogens with zero attached hydrogens (tertiary/aromatic N) is 1. The highest BCUT2D eigenvalue weighted by molar-refractivity contribution is 5.85. The van der Waals surface area contributed by atoms with Crippen LogP contribution in [0.3, 0.4) is 0 Å². The van der Waals surface area contributed by atoms with Crippen LogP contribution in [0.5, 0.6) is 0 Å². The molecule has 0 radical (unpaired) electrons. The van der Waals surface area contributed by atoms with E-state index in [1.807, 2.05) is 0 Å². The van der Waals surface area contributed by atoms with Crippen molar-refractivity contribution in [3.05, 3.63) is 0 Å². The molecule has 1 rings (SSSR count). The second-order valence-electron chi connectivity index (χ2n) is 5.22. The van der Waals surface area contributed by atoms with Gasteiger partial charge in [0.25, 0.3) is 0 Å². The van der Waals surface area contributed by atoms with E-state index in [1.165, 1.54) is 4.90 Å². The molecular formula is C11H20ClF3N2O. The molecule has 0 aromatic rings. The van der Waals surface area contributed by atoms with Gasteiger partial charge in [-0.1, -0.05) is 0 Å². The number of nitrogens with two attached hydrogens (primary N) is 1. The van der Waals surface area contributed by atoms with Gasteiger partial charge >= 0.3 is 6.18 Å². The van der Waals surface area contributed by atoms with E-state index in [0.717, 1.165) is 0 Å². The summed E-state index contributed by atoms with van der Waals surface area (Å²) in [6.45, 7) is 3.62. The molecule has 1 aliphatic heterocycles. The summed E-state index contributed by atoms with van der Waals surface area (Å²) in [7, 11) is 0. The van der Waals surface area contributed by atoms with Crippen molar-refractivity contribution in [1.29, 1.82) is 0 Å². The maximum atomic E-state index is 12.6. The third kappa shape index (κ3) is 4.02. The number of hydrogen-bond donors (Lipinski definition) is 1. The van der Waals surface area contributed by atoms with E-state index < -0.39 is 17.5 Å². The Morgan fingerprint density at radius 3 is 2.39 bits per heavy atom. The Hall–Kier alpha value is -0.490. The monoisotopic (exact) mass is 288 g/mol. The summed E-state index contributed by atoms with van der Waals surface area (Å²) in [6, 6.07) is 0. The van der Waals surface area contributed by atoms with Crippen LogP contribution in [0.15, 0.2) is 0 Å². The van der Waals surface area contributed by atoms with Gasteiger partial charge in [-0.3, -0.25) is 4.79 Å². The molecule has 1 heterocycles. The molecule has 0 aliphatic carbocycles. The number of rotatable bonds is 2. The zero-order valence-corrected chi connectivity index (χ0v) is 11.4. The van der Waals surface area contributed by atoms with Crippen LogP contribution in [0.25, 0.3) is 0 Å². The van der Waals surface area contributed by atoms with Gasteiger partial charge in [-0.2, -0.15) is 13.2 Å². The Morgan fingerprint density at radius 2 is 1.94 bits per heavy atom. The molecule has 1 amide bonds. The van der Waals surface area contributed by atoms with Gasteiger partial charge in [-0.05, 0) is 26.7 Å². The SMILES string of the molecule is CC(C)(CN)C(=O)N1CCCC(C(F)(F)F)C1.Cl. The standard InChI is InChI=1S/C11H19F3N2O.ClH/c1-10(2,7-15)9(17)16-5-3-4-8(6-16)11(12,13)14;/h8H,3-7,15H2,1-2H3;1H. The number of amides is 1. The first-order chi connectivity index (χ1) is 7.68. The van der Waals surface area contributed by atoms with Gasteiger partial charge in [-0.15, -0.1) is 12.4 Å². The molecule has 0 aromatic carbocycles. The topological polar surface area (TPSA) is 46.3 Å². The maximum Gasteiger partial charge on any atom is 0.393 e. The zero-order valence-electron chi connectivity index (χ0n) is 10.6. The van der Waals surface area contributed by atoms with Crippen LogP contribution in [0.4, 0.5) is 13.2 Å². The summed E-state index contributed by atoms with van der Waals surface area (Å²) in [5.74, 6) is -1.68. The number of halogens is 4. The minimum atomic E-state index is -4.22. The molecule has 1 fully saturated rings. The number of likely N-dealkylation sites (tertiary alicyclic amines) is 1. The average molecular weight is 289 g/mol. The second-order valence-corrected chi connectivity index (χ2v) is 5.22. The van der Waals surface area contributed by atoms with Crippen LogP contribution >= 0.6 is 12.4 Å². The molecule has 1 aliphatic rings. The fourth-order valence-electron chi connectivity index (χ4n) is 1.94. The quantitative estimate of drug-likeness (QED) is 0.847. The van der Waals surface area contributed by atoms with Crippen molar-refractivity contribution < 1.29 is 18.0 Å². The van der Waals surface area contributed by atoms with Crippen molar-refractivity contribution in [2.24, 2.45) is 17.1 Å². The molecule has 0 spiro atoms. The van der Waals surface area contributed by atoms with E-state index in [2.05, 4.69) is 0 Å². The van der Waals surface area contributed by atoms with Crippen molar-refractivity contribution >= 4 is 18.3 Å². The highest BCUT2D eigenvalue weighted by atomic mass is 35.5. The van der Waals surface area contributed by atoms with Crippen molar-refractivity contribution in [2.75, 3.05) is 19.6 Å². The van der Waals surface area contributed by atoms with E-state index in [4.69, 9.17) is 5.73 Å². The van der Waals surface area contributed by atoms with Crippen molar-refractivity contribution in [3.8, 4) is 0 Å². The minimum absolute atomic E-state index is 0. The molecule has 0 aromatic heterocycles. The van der Waals surface area contributed by atoms with Gasteiger partial charge in [0.15, 0.2) is 0 Å². The molecule has 0 saturated carbocycles. The minimum Gasteiger partial charge on any atom is -0.342 e. The Bertz CT molecular complexity index is 295. The summed E-state index contributed by atoms with van der Waals surface area (Å²) < 4.78 is 37.8. The highest BCUT2D eigenvalue weighted by Gasteiger charge is 2.44. The largest absolute Gasteiger partial charge is 0.393 e. The summed E-state index contributed by atoms with van der Waals surface area (Å²) in [5.41, 5.74) is 4.68. The Labute approximate surface area is 111 Å². The first-order valence-corrected chi connectivity index (χ1v) is 5.74. The van der Waals surface area contributed by atoms with Crippen LogP contribution in [-0.2, 0) is 4.79 Å².